The summed E-state index contributed by atoms with van der Waals surface area (Å²) in [7, 11) is -4.33. The predicted octanol–water partition coefficient (Wildman–Crippen LogP) is 0.990. The van der Waals surface area contributed by atoms with E-state index in [0.29, 0.717) is 12.1 Å². The number of hydrogen-bond donors (Lipinski definition) is 3. The van der Waals surface area contributed by atoms with E-state index in [1.54, 1.807) is 0 Å². The molecule has 0 aromatic heterocycles. The molecule has 0 aliphatic heterocycles. The Hall–Kier alpha value is -0.870. The summed E-state index contributed by atoms with van der Waals surface area (Å²) in [5.41, 5.74) is -1.16. The number of rotatable bonds is 5. The molecule has 10 heteroatoms. The van der Waals surface area contributed by atoms with Crippen molar-refractivity contribution < 1.29 is 31.8 Å². The van der Waals surface area contributed by atoms with Crippen molar-refractivity contribution in [1.82, 2.24) is 4.72 Å². The fourth-order valence-corrected chi connectivity index (χ4v) is 2.83. The van der Waals surface area contributed by atoms with Crippen LogP contribution in [0, 0.1) is 0 Å². The van der Waals surface area contributed by atoms with Crippen LogP contribution in [-0.4, -0.2) is 37.9 Å². The molecule has 5 nitrogen and oxygen atoms in total. The number of benzene rings is 1. The van der Waals surface area contributed by atoms with Gasteiger partial charge in [-0.1, -0.05) is 11.6 Å². The van der Waals surface area contributed by atoms with E-state index in [2.05, 4.69) is 0 Å². The molecule has 0 bridgehead atoms. The topological polar surface area (TPSA) is 86.6 Å². The Kier molecular flexibility index (Phi) is 5.39. The first-order valence-corrected chi connectivity index (χ1v) is 7.09. The van der Waals surface area contributed by atoms with Gasteiger partial charge in [-0.25, -0.2) is 13.1 Å². The minimum Gasteiger partial charge on any atom is -0.394 e. The fourth-order valence-electron chi connectivity index (χ4n) is 1.23. The highest BCUT2D eigenvalue weighted by atomic mass is 35.5. The van der Waals surface area contributed by atoms with Crippen LogP contribution in [0.4, 0.5) is 13.2 Å². The Morgan fingerprint density at radius 3 is 2.45 bits per heavy atom. The quantitative estimate of drug-likeness (QED) is 0.750. The first-order valence-electron chi connectivity index (χ1n) is 5.23. The minimum atomic E-state index is -4.71. The molecule has 0 aliphatic rings. The van der Waals surface area contributed by atoms with Gasteiger partial charge in [-0.05, 0) is 18.2 Å². The molecule has 1 aromatic rings. The second-order valence-electron chi connectivity index (χ2n) is 3.83. The summed E-state index contributed by atoms with van der Waals surface area (Å²) in [6.07, 6.45) is -6.08. The molecule has 1 atom stereocenters. The normalized spacial score (nSPS) is 14.3. The highest BCUT2D eigenvalue weighted by molar-refractivity contribution is 7.89. The molecule has 114 valence electrons. The van der Waals surface area contributed by atoms with Crippen molar-refractivity contribution >= 4 is 21.6 Å². The largest absolute Gasteiger partial charge is 0.416 e. The molecule has 1 unspecified atom stereocenters. The van der Waals surface area contributed by atoms with E-state index >= 15 is 0 Å². The third-order valence-electron chi connectivity index (χ3n) is 2.27. The van der Waals surface area contributed by atoms with Gasteiger partial charge < -0.3 is 10.2 Å². The molecule has 0 radical (unpaired) electrons. The first kappa shape index (κ1) is 17.2. The lowest BCUT2D eigenvalue weighted by atomic mass is 10.2. The molecule has 1 rings (SSSR count). The summed E-state index contributed by atoms with van der Waals surface area (Å²) < 4.78 is 63.0. The van der Waals surface area contributed by atoms with Crippen LogP contribution in [0.25, 0.3) is 0 Å². The van der Waals surface area contributed by atoms with Crippen molar-refractivity contribution in [3.8, 4) is 0 Å². The average Bonchev–Trinajstić information content (AvgIpc) is 2.34. The number of nitrogens with one attached hydrogen (secondary N) is 1. The number of aliphatic hydroxyl groups is 2. The minimum absolute atomic E-state index is 0.385. The number of hydrogen-bond acceptors (Lipinski definition) is 4. The Bertz CT molecular complexity index is 576. The Labute approximate surface area is 118 Å². The lowest BCUT2D eigenvalue weighted by molar-refractivity contribution is -0.137. The van der Waals surface area contributed by atoms with E-state index in [1.165, 1.54) is 0 Å². The molecule has 20 heavy (non-hydrogen) atoms. The average molecular weight is 334 g/mol. The van der Waals surface area contributed by atoms with Crippen LogP contribution in [0.3, 0.4) is 0 Å². The van der Waals surface area contributed by atoms with Crippen molar-refractivity contribution in [2.24, 2.45) is 0 Å². The maximum atomic E-state index is 12.5. The smallest absolute Gasteiger partial charge is 0.394 e. The molecule has 3 N–H and O–H groups in total. The van der Waals surface area contributed by atoms with Gasteiger partial charge in [0, 0.05) is 6.54 Å². The van der Waals surface area contributed by atoms with Crippen LogP contribution in [0.2, 0.25) is 5.02 Å². The predicted molar refractivity (Wildman–Crippen MR) is 64.7 cm³/mol. The van der Waals surface area contributed by atoms with E-state index < -0.39 is 45.9 Å². The molecular weight excluding hydrogens is 323 g/mol. The van der Waals surface area contributed by atoms with Crippen molar-refractivity contribution in [1.29, 1.82) is 0 Å². The van der Waals surface area contributed by atoms with Crippen molar-refractivity contribution in [2.75, 3.05) is 13.2 Å². The number of sulfonamides is 1. The van der Waals surface area contributed by atoms with Crippen molar-refractivity contribution in [3.63, 3.8) is 0 Å². The van der Waals surface area contributed by atoms with Gasteiger partial charge in [-0.3, -0.25) is 0 Å². The number of aliphatic hydroxyl groups excluding tert-OH is 2. The van der Waals surface area contributed by atoms with Crippen LogP contribution in [0.5, 0.6) is 0 Å². The van der Waals surface area contributed by atoms with Crippen LogP contribution in [0.1, 0.15) is 5.56 Å². The second kappa shape index (κ2) is 6.27. The van der Waals surface area contributed by atoms with Gasteiger partial charge in [0.2, 0.25) is 10.0 Å². The summed E-state index contributed by atoms with van der Waals surface area (Å²) in [5.74, 6) is 0. The van der Waals surface area contributed by atoms with Crippen LogP contribution >= 0.6 is 11.6 Å². The van der Waals surface area contributed by atoms with E-state index in [4.69, 9.17) is 21.8 Å². The fraction of sp³-hybridized carbons (Fsp3) is 0.400. The molecule has 0 amide bonds. The molecule has 0 spiro atoms. The van der Waals surface area contributed by atoms with Gasteiger partial charge >= 0.3 is 6.18 Å². The summed E-state index contributed by atoms with van der Waals surface area (Å²) in [6, 6.07) is 1.88. The van der Waals surface area contributed by atoms with Crippen LogP contribution < -0.4 is 4.72 Å². The molecule has 0 saturated heterocycles. The summed E-state index contributed by atoms with van der Waals surface area (Å²) in [6.45, 7) is -1.25. The summed E-state index contributed by atoms with van der Waals surface area (Å²) in [4.78, 5) is -0.751. The molecule has 0 saturated carbocycles. The van der Waals surface area contributed by atoms with Crippen molar-refractivity contribution in [2.45, 2.75) is 17.2 Å². The Morgan fingerprint density at radius 1 is 1.35 bits per heavy atom. The lowest BCUT2D eigenvalue weighted by Crippen LogP contribution is -2.34. The number of halogens is 4. The van der Waals surface area contributed by atoms with Gasteiger partial charge in [0.25, 0.3) is 0 Å². The Morgan fingerprint density at radius 2 is 1.95 bits per heavy atom. The van der Waals surface area contributed by atoms with Gasteiger partial charge in [0.05, 0.1) is 23.3 Å². The lowest BCUT2D eigenvalue weighted by Gasteiger charge is -2.13. The van der Waals surface area contributed by atoms with Crippen LogP contribution in [-0.2, 0) is 16.2 Å². The molecule has 0 heterocycles. The third-order valence-corrected chi connectivity index (χ3v) is 4.17. The summed E-state index contributed by atoms with van der Waals surface area (Å²) >= 11 is 5.58. The van der Waals surface area contributed by atoms with E-state index in [9.17, 15) is 21.6 Å². The highest BCUT2D eigenvalue weighted by Crippen LogP contribution is 2.33. The summed E-state index contributed by atoms with van der Waals surface area (Å²) in [5, 5.41) is 17.2. The standard InChI is InChI=1S/C10H11ClF3NO4S/c11-8-2-1-6(10(12,13)14)3-9(8)20(18,19)15-4-7(17)5-16/h1-3,7,15-17H,4-5H2. The first-order chi connectivity index (χ1) is 9.08. The van der Waals surface area contributed by atoms with E-state index in [0.717, 1.165) is 6.07 Å². The Balaban J connectivity index is 3.11. The zero-order chi connectivity index (χ0) is 15.6. The SMILES string of the molecule is O=S(=O)(NCC(O)CO)c1cc(C(F)(F)F)ccc1Cl. The molecule has 1 aromatic carbocycles. The van der Waals surface area contributed by atoms with Gasteiger partial charge in [0.1, 0.15) is 4.90 Å². The maximum absolute atomic E-state index is 12.5. The molecule has 0 fully saturated rings. The second-order valence-corrected chi connectivity index (χ2v) is 5.97. The highest BCUT2D eigenvalue weighted by Gasteiger charge is 2.32. The van der Waals surface area contributed by atoms with Crippen LogP contribution in [0.15, 0.2) is 23.1 Å². The van der Waals surface area contributed by atoms with E-state index in [1.807, 2.05) is 4.72 Å². The zero-order valence-electron chi connectivity index (χ0n) is 9.85. The molecule has 0 aliphatic carbocycles. The van der Waals surface area contributed by atoms with Crippen molar-refractivity contribution in [3.05, 3.63) is 28.8 Å². The zero-order valence-corrected chi connectivity index (χ0v) is 11.4. The van der Waals surface area contributed by atoms with Gasteiger partial charge in [-0.15, -0.1) is 0 Å². The van der Waals surface area contributed by atoms with Gasteiger partial charge in [-0.2, -0.15) is 13.2 Å². The van der Waals surface area contributed by atoms with E-state index in [-0.39, 0.29) is 5.02 Å². The third kappa shape index (κ3) is 4.32. The van der Waals surface area contributed by atoms with Gasteiger partial charge in [0.15, 0.2) is 0 Å². The maximum Gasteiger partial charge on any atom is 0.416 e. The monoisotopic (exact) mass is 333 g/mol. The number of alkyl halides is 3. The molecular formula is C10H11ClF3NO4S.